The highest BCUT2D eigenvalue weighted by atomic mass is 16.5. The lowest BCUT2D eigenvalue weighted by atomic mass is 9.78. The Morgan fingerprint density at radius 2 is 1.91 bits per heavy atom. The molecule has 0 unspecified atom stereocenters. The standard InChI is InChI=1S/C18H23NO4/c1-12-4-3-5-16(13(12)2)19-17(21)11-23-18(22)15-8-6-14(10-20)7-9-15/h6-10,12-13,16H,3-5,11H2,1-2H3,(H,19,21)/t12-,13+,16+/m0/s1. The van der Waals surface area contributed by atoms with Crippen LogP contribution in [0, 0.1) is 11.8 Å². The highest BCUT2D eigenvalue weighted by Gasteiger charge is 2.28. The van der Waals surface area contributed by atoms with Gasteiger partial charge < -0.3 is 10.1 Å². The predicted octanol–water partition coefficient (Wildman–Crippen LogP) is 2.60. The molecule has 0 aromatic heterocycles. The Kier molecular flexibility index (Phi) is 5.90. The summed E-state index contributed by atoms with van der Waals surface area (Å²) in [5.41, 5.74) is 0.808. The lowest BCUT2D eigenvalue weighted by Gasteiger charge is -2.34. The summed E-state index contributed by atoms with van der Waals surface area (Å²) >= 11 is 0. The Balaban J connectivity index is 1.81. The molecule has 1 aromatic rings. The van der Waals surface area contributed by atoms with Gasteiger partial charge in [-0.1, -0.05) is 38.8 Å². The molecular weight excluding hydrogens is 294 g/mol. The van der Waals surface area contributed by atoms with E-state index in [4.69, 9.17) is 4.74 Å². The second kappa shape index (κ2) is 7.90. The first-order chi connectivity index (χ1) is 11.0. The van der Waals surface area contributed by atoms with Gasteiger partial charge in [0.15, 0.2) is 6.61 Å². The largest absolute Gasteiger partial charge is 0.452 e. The molecule has 124 valence electrons. The van der Waals surface area contributed by atoms with E-state index >= 15 is 0 Å². The maximum Gasteiger partial charge on any atom is 0.338 e. The number of carbonyl (C=O) groups is 3. The zero-order valence-electron chi connectivity index (χ0n) is 13.6. The van der Waals surface area contributed by atoms with Crippen LogP contribution >= 0.6 is 0 Å². The van der Waals surface area contributed by atoms with Crippen LogP contribution in [0.15, 0.2) is 24.3 Å². The van der Waals surface area contributed by atoms with Gasteiger partial charge in [-0.3, -0.25) is 9.59 Å². The van der Waals surface area contributed by atoms with Crippen LogP contribution in [0.3, 0.4) is 0 Å². The molecule has 1 fully saturated rings. The van der Waals surface area contributed by atoms with Gasteiger partial charge in [0.25, 0.3) is 5.91 Å². The summed E-state index contributed by atoms with van der Waals surface area (Å²) in [6, 6.07) is 6.24. The highest BCUT2D eigenvalue weighted by molar-refractivity contribution is 5.92. The van der Waals surface area contributed by atoms with Gasteiger partial charge in [-0.25, -0.2) is 4.79 Å². The van der Waals surface area contributed by atoms with Crippen LogP contribution in [-0.2, 0) is 9.53 Å². The molecule has 3 atom stereocenters. The van der Waals surface area contributed by atoms with Crippen LogP contribution in [0.4, 0.5) is 0 Å². The van der Waals surface area contributed by atoms with Gasteiger partial charge in [-0.05, 0) is 30.4 Å². The van der Waals surface area contributed by atoms with Crippen molar-refractivity contribution in [3.8, 4) is 0 Å². The fraction of sp³-hybridized carbons (Fsp3) is 0.500. The zero-order valence-corrected chi connectivity index (χ0v) is 13.6. The summed E-state index contributed by atoms with van der Waals surface area (Å²) in [5, 5.41) is 2.96. The SMILES string of the molecule is C[C@@H]1[C@@H](C)CCC[C@H]1NC(=O)COC(=O)c1ccc(C=O)cc1. The summed E-state index contributed by atoms with van der Waals surface area (Å²) in [7, 11) is 0. The van der Waals surface area contributed by atoms with Crippen LogP contribution in [0.25, 0.3) is 0 Å². The number of esters is 1. The van der Waals surface area contributed by atoms with Gasteiger partial charge in [0, 0.05) is 11.6 Å². The van der Waals surface area contributed by atoms with Crippen molar-refractivity contribution in [2.45, 2.75) is 39.2 Å². The minimum Gasteiger partial charge on any atom is -0.452 e. The number of amides is 1. The van der Waals surface area contributed by atoms with Crippen molar-refractivity contribution in [2.24, 2.45) is 11.8 Å². The molecule has 0 heterocycles. The van der Waals surface area contributed by atoms with E-state index in [1.54, 1.807) is 0 Å². The van der Waals surface area contributed by atoms with Crippen molar-refractivity contribution in [1.82, 2.24) is 5.32 Å². The van der Waals surface area contributed by atoms with E-state index in [0.717, 1.165) is 12.8 Å². The highest BCUT2D eigenvalue weighted by Crippen LogP contribution is 2.29. The Hall–Kier alpha value is -2.17. The predicted molar refractivity (Wildman–Crippen MR) is 86.2 cm³/mol. The molecule has 1 aromatic carbocycles. The fourth-order valence-electron chi connectivity index (χ4n) is 2.95. The number of hydrogen-bond acceptors (Lipinski definition) is 4. The van der Waals surface area contributed by atoms with Gasteiger partial charge in [0.2, 0.25) is 0 Å². The van der Waals surface area contributed by atoms with E-state index < -0.39 is 5.97 Å². The minimum absolute atomic E-state index is 0.150. The third-order valence-corrected chi connectivity index (χ3v) is 4.67. The normalized spacial score (nSPS) is 23.8. The molecule has 5 heteroatoms. The molecule has 1 amide bonds. The molecule has 0 aliphatic heterocycles. The van der Waals surface area contributed by atoms with Crippen LogP contribution < -0.4 is 5.32 Å². The van der Waals surface area contributed by atoms with Gasteiger partial charge in [0.05, 0.1) is 5.56 Å². The van der Waals surface area contributed by atoms with Crippen molar-refractivity contribution >= 4 is 18.2 Å². The van der Waals surface area contributed by atoms with Crippen LogP contribution in [0.1, 0.15) is 53.8 Å². The van der Waals surface area contributed by atoms with Crippen molar-refractivity contribution in [2.75, 3.05) is 6.61 Å². The maximum atomic E-state index is 12.0. The first-order valence-electron chi connectivity index (χ1n) is 8.03. The molecule has 0 spiro atoms. The Labute approximate surface area is 136 Å². The average molecular weight is 317 g/mol. The quantitative estimate of drug-likeness (QED) is 0.669. The Morgan fingerprint density at radius 1 is 1.22 bits per heavy atom. The number of rotatable bonds is 5. The first-order valence-corrected chi connectivity index (χ1v) is 8.03. The van der Waals surface area contributed by atoms with Gasteiger partial charge in [-0.15, -0.1) is 0 Å². The fourth-order valence-corrected chi connectivity index (χ4v) is 2.95. The molecule has 0 bridgehead atoms. The van der Waals surface area contributed by atoms with E-state index in [0.29, 0.717) is 29.2 Å². The van der Waals surface area contributed by atoms with Crippen LogP contribution in [0.2, 0.25) is 0 Å². The van der Waals surface area contributed by atoms with Gasteiger partial charge in [0.1, 0.15) is 6.29 Å². The molecular formula is C18H23NO4. The average Bonchev–Trinajstić information content (AvgIpc) is 2.57. The second-order valence-corrected chi connectivity index (χ2v) is 6.26. The number of benzene rings is 1. The number of nitrogens with one attached hydrogen (secondary N) is 1. The Bertz CT molecular complexity index is 567. The van der Waals surface area contributed by atoms with Crippen LogP contribution in [0.5, 0.6) is 0 Å². The number of hydrogen-bond donors (Lipinski definition) is 1. The molecule has 1 aliphatic rings. The van der Waals surface area contributed by atoms with Crippen molar-refractivity contribution in [1.29, 1.82) is 0 Å². The lowest BCUT2D eigenvalue weighted by Crippen LogP contribution is -2.45. The molecule has 1 N–H and O–H groups in total. The third kappa shape index (κ3) is 4.65. The third-order valence-electron chi connectivity index (χ3n) is 4.67. The van der Waals surface area contributed by atoms with E-state index in [1.807, 2.05) is 0 Å². The van der Waals surface area contributed by atoms with Crippen LogP contribution in [-0.4, -0.2) is 30.8 Å². The first kappa shape index (κ1) is 17.2. The lowest BCUT2D eigenvalue weighted by molar-refractivity contribution is -0.125. The number of ether oxygens (including phenoxy) is 1. The van der Waals surface area contributed by atoms with Crippen molar-refractivity contribution in [3.05, 3.63) is 35.4 Å². The second-order valence-electron chi connectivity index (χ2n) is 6.26. The van der Waals surface area contributed by atoms with Gasteiger partial charge in [-0.2, -0.15) is 0 Å². The summed E-state index contributed by atoms with van der Waals surface area (Å²) in [6.07, 6.45) is 3.98. The molecule has 5 nitrogen and oxygen atoms in total. The molecule has 23 heavy (non-hydrogen) atoms. The minimum atomic E-state index is -0.567. The molecule has 0 saturated heterocycles. The molecule has 1 saturated carbocycles. The molecule has 0 radical (unpaired) electrons. The summed E-state index contributed by atoms with van der Waals surface area (Å²) in [4.78, 5) is 34.4. The van der Waals surface area contributed by atoms with E-state index in [-0.39, 0.29) is 18.6 Å². The van der Waals surface area contributed by atoms with E-state index in [1.165, 1.54) is 30.7 Å². The Morgan fingerprint density at radius 3 is 2.57 bits per heavy atom. The van der Waals surface area contributed by atoms with E-state index in [2.05, 4.69) is 19.2 Å². The molecule has 2 rings (SSSR count). The zero-order chi connectivity index (χ0) is 16.8. The van der Waals surface area contributed by atoms with E-state index in [9.17, 15) is 14.4 Å². The number of aldehydes is 1. The van der Waals surface area contributed by atoms with Gasteiger partial charge >= 0.3 is 5.97 Å². The summed E-state index contributed by atoms with van der Waals surface area (Å²) in [5.74, 6) is 0.184. The molecule has 1 aliphatic carbocycles. The topological polar surface area (TPSA) is 72.5 Å². The smallest absolute Gasteiger partial charge is 0.338 e. The number of carbonyl (C=O) groups excluding carboxylic acids is 3. The monoisotopic (exact) mass is 317 g/mol. The van der Waals surface area contributed by atoms with Crippen molar-refractivity contribution in [3.63, 3.8) is 0 Å². The maximum absolute atomic E-state index is 12.0. The summed E-state index contributed by atoms with van der Waals surface area (Å²) in [6.45, 7) is 4.06. The van der Waals surface area contributed by atoms with Crippen molar-refractivity contribution < 1.29 is 19.1 Å². The summed E-state index contributed by atoms with van der Waals surface area (Å²) < 4.78 is 5.03.